The summed E-state index contributed by atoms with van der Waals surface area (Å²) in [6.07, 6.45) is -14.8. The van der Waals surface area contributed by atoms with Gasteiger partial charge in [-0.25, -0.2) is 10.1 Å². The highest BCUT2D eigenvalue weighted by atomic mass is 32.2. The molecule has 1 aliphatic carbocycles. The summed E-state index contributed by atoms with van der Waals surface area (Å²) in [4.78, 5) is 103. The fourth-order valence-electron chi connectivity index (χ4n) is 10.5. The summed E-state index contributed by atoms with van der Waals surface area (Å²) in [6, 6.07) is 5.12. The first-order valence-electron chi connectivity index (χ1n) is 26.2. The monoisotopic (exact) mass is 1170 g/mol. The van der Waals surface area contributed by atoms with Crippen LogP contribution in [-0.2, 0) is 49.3 Å². The number of aliphatic hydroxyl groups excluding tert-OH is 8. The molecule has 3 heterocycles. The van der Waals surface area contributed by atoms with E-state index in [1.807, 2.05) is 12.1 Å². The van der Waals surface area contributed by atoms with Crippen LogP contribution in [0.5, 0.6) is 11.5 Å². The maximum Gasteiger partial charge on any atom is 0.411 e. The second-order valence-corrected chi connectivity index (χ2v) is 21.1. The molecule has 7 amide bonds. The summed E-state index contributed by atoms with van der Waals surface area (Å²) in [6.45, 7) is -1.22. The van der Waals surface area contributed by atoms with Crippen molar-refractivity contribution in [3.8, 4) is 22.6 Å². The Morgan fingerprint density at radius 1 is 0.780 bits per heavy atom. The van der Waals surface area contributed by atoms with E-state index in [1.54, 1.807) is 36.4 Å². The smallest absolute Gasteiger partial charge is 0.411 e. The number of ether oxygens (including phenoxy) is 1. The van der Waals surface area contributed by atoms with Crippen LogP contribution in [0.25, 0.3) is 11.1 Å². The van der Waals surface area contributed by atoms with Gasteiger partial charge < -0.3 is 96.6 Å². The van der Waals surface area contributed by atoms with Crippen LogP contribution in [0, 0.1) is 5.92 Å². The quantitative estimate of drug-likeness (QED) is 0.0283. The Bertz CT molecular complexity index is 2730. The summed E-state index contributed by atoms with van der Waals surface area (Å²) in [7, 11) is 0. The minimum atomic E-state index is -2.22. The molecule has 448 valence electrons. The predicted molar refractivity (Wildman–Crippen MR) is 282 cm³/mol. The van der Waals surface area contributed by atoms with Gasteiger partial charge in [0.15, 0.2) is 17.6 Å². The SMILES string of the molecule is C[C@@H](O)[C@@H]1NC(=O)[C@@H](N)C[C@@H](O)CNC(=O)[C@@H]2[C@@H](O)[C@@H](C)CN2C(=O)[C@H]([C@H](O)CCN(C(=O)OC2c3ccccc3-c3ccccc32)C(CO)CO)NC(=O)[C@H]([C@H](O)Cc2ccc(O)c(OSOOO)c2)NC(=O)[C@@H]2C[C@@H](O)CN2C1=O. The maximum atomic E-state index is 15.2. The number of aliphatic hydroxyl groups is 8. The van der Waals surface area contributed by atoms with Crippen molar-refractivity contribution in [2.75, 3.05) is 39.4 Å². The molecule has 0 unspecified atom stereocenters. The van der Waals surface area contributed by atoms with Crippen LogP contribution in [0.2, 0.25) is 0 Å². The maximum absolute atomic E-state index is 15.2. The second kappa shape index (κ2) is 28.0. The normalized spacial score (nSPS) is 26.9. The molecule has 3 fully saturated rings. The predicted octanol–water partition coefficient (Wildman–Crippen LogP) is -3.82. The number of aromatic hydroxyl groups is 1. The molecule has 82 heavy (non-hydrogen) atoms. The van der Waals surface area contributed by atoms with Gasteiger partial charge in [0, 0.05) is 56.1 Å². The molecular weight excluding hydrogens is 1100 g/mol. The molecular formula is C52H68N8O21S. The Hall–Kier alpha value is -6.78. The molecule has 3 aliphatic heterocycles. The lowest BCUT2D eigenvalue weighted by molar-refractivity contribution is -0.433. The minimum Gasteiger partial charge on any atom is -0.504 e. The molecule has 0 spiro atoms. The van der Waals surface area contributed by atoms with Crippen molar-refractivity contribution in [3.63, 3.8) is 0 Å². The number of phenolic OH excluding ortho intramolecular Hbond substituents is 1. The Morgan fingerprint density at radius 3 is 2.04 bits per heavy atom. The molecule has 16 N–H and O–H groups in total. The number of amides is 7. The number of fused-ring (bicyclic) bond motifs is 5. The molecule has 0 bridgehead atoms. The second-order valence-electron chi connectivity index (χ2n) is 20.6. The van der Waals surface area contributed by atoms with Crippen molar-refractivity contribution in [2.45, 2.75) is 125 Å². The largest absolute Gasteiger partial charge is 0.504 e. The lowest BCUT2D eigenvalue weighted by Gasteiger charge is -2.35. The highest BCUT2D eigenvalue weighted by Gasteiger charge is 2.50. The first-order valence-corrected chi connectivity index (χ1v) is 26.9. The number of carbonyl (C=O) groups is 7. The summed E-state index contributed by atoms with van der Waals surface area (Å²) in [5.41, 5.74) is 8.99. The topological polar surface area (TPSA) is 443 Å². The average molecular weight is 1170 g/mol. The van der Waals surface area contributed by atoms with Gasteiger partial charge in [0.1, 0.15) is 30.2 Å². The number of nitrogens with one attached hydrogen (secondary N) is 4. The summed E-state index contributed by atoms with van der Waals surface area (Å²) in [5, 5.41) is 121. The van der Waals surface area contributed by atoms with Crippen LogP contribution in [0.15, 0.2) is 66.7 Å². The number of rotatable bonds is 16. The van der Waals surface area contributed by atoms with E-state index in [1.165, 1.54) is 13.0 Å². The van der Waals surface area contributed by atoms with E-state index in [4.69, 9.17) is 19.9 Å². The van der Waals surface area contributed by atoms with E-state index in [9.17, 15) is 69.9 Å². The van der Waals surface area contributed by atoms with Gasteiger partial charge in [-0.05, 0) is 48.6 Å². The van der Waals surface area contributed by atoms with Crippen LogP contribution >= 0.6 is 12.3 Å². The molecule has 7 rings (SSSR count). The zero-order valence-electron chi connectivity index (χ0n) is 44.4. The first-order chi connectivity index (χ1) is 39.1. The molecule has 30 heteroatoms. The number of carbonyl (C=O) groups excluding carboxylic acids is 7. The number of hydrogen-bond acceptors (Lipinski definition) is 23. The fraction of sp³-hybridized carbons (Fsp3) is 0.519. The lowest BCUT2D eigenvalue weighted by Crippen LogP contribution is -2.64. The molecule has 3 saturated heterocycles. The zero-order chi connectivity index (χ0) is 59.7. The standard InChI is InChI=1S/C52H68N8O21S/c1-24-20-60-43(44(24)69)49(73)54-19-28(64)17-34(53)46(70)55-40(25(2)63)50(74)59-21-29(65)18-35(59)47(71)56-41(38(68)15-26-11-12-36(66)39(16-26)79-82-81-80-77)48(72)57-42(51(60)75)37(67)13-14-58(27(22-61)23-62)52(76)78-45-32-9-5-3-7-30(32)31-8-4-6-10-33(31)45/h3-12,16,24-25,27-29,34-35,37-38,40-45,61-69,77H,13-15,17-23,53H2,1-2H3,(H,54,73)(H,55,70)(H,56,71)(H,57,72)/t24-,25+,28+,29+,34-,35-,37+,38+,40-,41-,42-,43-,44-/m0/s1. The van der Waals surface area contributed by atoms with Crippen molar-refractivity contribution < 1.29 is 103 Å². The Kier molecular flexibility index (Phi) is 21.4. The first kappa shape index (κ1) is 62.8. The van der Waals surface area contributed by atoms with Gasteiger partial charge in [-0.2, -0.15) is 0 Å². The molecule has 13 atom stereocenters. The average Bonchev–Trinajstić information content (AvgIpc) is 4.30. The molecule has 3 aromatic rings. The van der Waals surface area contributed by atoms with Crippen molar-refractivity contribution >= 4 is 53.9 Å². The number of benzene rings is 3. The number of β-amino-alcohol motifs (C(OH)–C–C–N with tert-alkyl or cyclic N) is 1. The number of hydrogen-bond donors (Lipinski definition) is 15. The van der Waals surface area contributed by atoms with Gasteiger partial charge in [0.2, 0.25) is 35.4 Å². The van der Waals surface area contributed by atoms with Crippen LogP contribution in [0.4, 0.5) is 4.79 Å². The highest BCUT2D eigenvalue weighted by molar-refractivity contribution is 7.90. The van der Waals surface area contributed by atoms with E-state index in [2.05, 4.69) is 30.6 Å². The summed E-state index contributed by atoms with van der Waals surface area (Å²) >= 11 is 0.0577. The van der Waals surface area contributed by atoms with Gasteiger partial charge >= 0.3 is 6.09 Å². The van der Waals surface area contributed by atoms with Crippen LogP contribution in [0.1, 0.15) is 55.9 Å². The van der Waals surface area contributed by atoms with Gasteiger partial charge in [0.25, 0.3) is 12.3 Å². The Labute approximate surface area is 473 Å². The van der Waals surface area contributed by atoms with Gasteiger partial charge in [-0.3, -0.25) is 28.8 Å². The Morgan fingerprint density at radius 2 is 1.40 bits per heavy atom. The third kappa shape index (κ3) is 14.3. The van der Waals surface area contributed by atoms with Crippen LogP contribution < -0.4 is 31.2 Å². The summed E-state index contributed by atoms with van der Waals surface area (Å²) < 4.78 is 15.4. The van der Waals surface area contributed by atoms with E-state index < -0.39 is 203 Å². The van der Waals surface area contributed by atoms with Crippen LogP contribution in [-0.4, -0.2) is 226 Å². The molecule has 29 nitrogen and oxygen atoms in total. The lowest BCUT2D eigenvalue weighted by atomic mass is 9.98. The zero-order valence-corrected chi connectivity index (χ0v) is 45.2. The number of nitrogens with zero attached hydrogens (tertiary/aromatic N) is 3. The van der Waals surface area contributed by atoms with Crippen molar-refractivity contribution in [1.82, 2.24) is 36.0 Å². The molecule has 0 radical (unpaired) electrons. The highest BCUT2D eigenvalue weighted by Crippen LogP contribution is 2.45. The van der Waals surface area contributed by atoms with E-state index in [-0.39, 0.29) is 23.6 Å². The van der Waals surface area contributed by atoms with E-state index in [0.29, 0.717) is 11.1 Å². The minimum absolute atomic E-state index is 0.0577. The molecule has 0 aromatic heterocycles. The third-order valence-corrected chi connectivity index (χ3v) is 15.3. The van der Waals surface area contributed by atoms with E-state index in [0.717, 1.165) is 44.9 Å². The fourth-order valence-corrected chi connectivity index (χ4v) is 10.8. The van der Waals surface area contributed by atoms with E-state index >= 15 is 9.59 Å². The van der Waals surface area contributed by atoms with Gasteiger partial charge in [-0.15, -0.1) is 0 Å². The number of nitrogens with two attached hydrogens (primary N) is 1. The molecule has 3 aromatic carbocycles. The molecule has 0 saturated carbocycles. The third-order valence-electron chi connectivity index (χ3n) is 14.9. The van der Waals surface area contributed by atoms with Crippen molar-refractivity contribution in [3.05, 3.63) is 83.4 Å². The van der Waals surface area contributed by atoms with Gasteiger partial charge in [-0.1, -0.05) is 70.9 Å². The van der Waals surface area contributed by atoms with Crippen molar-refractivity contribution in [2.24, 2.45) is 11.7 Å². The van der Waals surface area contributed by atoms with Gasteiger partial charge in [0.05, 0.1) is 61.9 Å². The van der Waals surface area contributed by atoms with Crippen LogP contribution in [0.3, 0.4) is 0 Å². The molecule has 4 aliphatic rings. The Balaban J connectivity index is 1.27. The number of phenols is 1. The summed E-state index contributed by atoms with van der Waals surface area (Å²) in [5.74, 6) is -8.79. The van der Waals surface area contributed by atoms with Crippen molar-refractivity contribution in [1.29, 1.82) is 0 Å².